The van der Waals surface area contributed by atoms with Crippen LogP contribution in [-0.2, 0) is 19.6 Å². The third-order valence-electron chi connectivity index (χ3n) is 2.48. The van der Waals surface area contributed by atoms with Gasteiger partial charge in [0, 0.05) is 26.3 Å². The summed E-state index contributed by atoms with van der Waals surface area (Å²) in [5, 5.41) is 8.47. The van der Waals surface area contributed by atoms with Gasteiger partial charge in [0.1, 0.15) is 10.7 Å². The van der Waals surface area contributed by atoms with Gasteiger partial charge in [-0.3, -0.25) is 0 Å². The fourth-order valence-corrected chi connectivity index (χ4v) is 2.64. The Morgan fingerprint density at radius 3 is 2.76 bits per heavy atom. The zero-order valence-corrected chi connectivity index (χ0v) is 12.2. The standard InChI is InChI=1S/C13H16FNO5S/c1-20-8-2-7-15-21(18,19)12-5-3-10(9-11(12)14)4-6-13(16)17/h3-6,9,15H,2,7-8H2,1H3,(H,16,17)/b6-4+. The van der Waals surface area contributed by atoms with E-state index in [0.717, 1.165) is 18.2 Å². The summed E-state index contributed by atoms with van der Waals surface area (Å²) in [6, 6.07) is 3.38. The highest BCUT2D eigenvalue weighted by atomic mass is 32.2. The Kier molecular flexibility index (Phi) is 6.47. The molecule has 0 radical (unpaired) electrons. The Bertz CT molecular complexity index is 627. The molecule has 0 fully saturated rings. The number of hydrogen-bond acceptors (Lipinski definition) is 4. The van der Waals surface area contributed by atoms with E-state index in [0.29, 0.717) is 13.0 Å². The monoisotopic (exact) mass is 317 g/mol. The van der Waals surface area contributed by atoms with Crippen LogP contribution in [0.1, 0.15) is 12.0 Å². The molecule has 2 N–H and O–H groups in total. The first kappa shape index (κ1) is 17.3. The predicted octanol–water partition coefficient (Wildman–Crippen LogP) is 1.24. The van der Waals surface area contributed by atoms with Gasteiger partial charge >= 0.3 is 5.97 Å². The maximum Gasteiger partial charge on any atom is 0.328 e. The smallest absolute Gasteiger partial charge is 0.328 e. The number of halogens is 1. The molecule has 1 rings (SSSR count). The molecule has 0 atom stereocenters. The van der Waals surface area contributed by atoms with Crippen LogP contribution in [0.25, 0.3) is 6.08 Å². The minimum Gasteiger partial charge on any atom is -0.478 e. The number of methoxy groups -OCH3 is 1. The van der Waals surface area contributed by atoms with Crippen LogP contribution in [0.2, 0.25) is 0 Å². The molecule has 116 valence electrons. The zero-order chi connectivity index (χ0) is 15.9. The van der Waals surface area contributed by atoms with Crippen LogP contribution in [0.3, 0.4) is 0 Å². The van der Waals surface area contributed by atoms with Gasteiger partial charge < -0.3 is 9.84 Å². The highest BCUT2D eigenvalue weighted by Crippen LogP contribution is 2.16. The molecule has 0 saturated carbocycles. The number of ether oxygens (including phenoxy) is 1. The quantitative estimate of drug-likeness (QED) is 0.556. The fraction of sp³-hybridized carbons (Fsp3) is 0.308. The largest absolute Gasteiger partial charge is 0.478 e. The first-order valence-electron chi connectivity index (χ1n) is 6.06. The molecule has 0 spiro atoms. The molecule has 0 aliphatic carbocycles. The van der Waals surface area contributed by atoms with E-state index in [1.807, 2.05) is 0 Å². The second-order valence-electron chi connectivity index (χ2n) is 4.11. The number of hydrogen-bond donors (Lipinski definition) is 2. The Balaban J connectivity index is 2.86. The molecular formula is C13H16FNO5S. The Labute approximate surface area is 122 Å². The summed E-state index contributed by atoms with van der Waals surface area (Å²) in [7, 11) is -2.44. The number of carboxylic acids is 1. The molecule has 0 unspecified atom stereocenters. The molecule has 0 aliphatic heterocycles. The lowest BCUT2D eigenvalue weighted by Crippen LogP contribution is -2.26. The summed E-state index contributed by atoms with van der Waals surface area (Å²) in [6.45, 7) is 0.528. The van der Waals surface area contributed by atoms with Gasteiger partial charge in [-0.2, -0.15) is 0 Å². The zero-order valence-electron chi connectivity index (χ0n) is 11.4. The average Bonchev–Trinajstić information content (AvgIpc) is 2.41. The van der Waals surface area contributed by atoms with Gasteiger partial charge in [0.2, 0.25) is 10.0 Å². The van der Waals surface area contributed by atoms with Gasteiger partial charge in [-0.15, -0.1) is 0 Å². The first-order chi connectivity index (χ1) is 9.86. The SMILES string of the molecule is COCCCNS(=O)(=O)c1ccc(/C=C/C(=O)O)cc1F. The van der Waals surface area contributed by atoms with Gasteiger partial charge in [0.25, 0.3) is 0 Å². The van der Waals surface area contributed by atoms with Crippen molar-refractivity contribution in [1.82, 2.24) is 4.72 Å². The van der Waals surface area contributed by atoms with Crippen LogP contribution < -0.4 is 4.72 Å². The molecule has 0 bridgehead atoms. The van der Waals surface area contributed by atoms with Crippen molar-refractivity contribution in [3.8, 4) is 0 Å². The minimum atomic E-state index is -3.94. The van der Waals surface area contributed by atoms with E-state index in [9.17, 15) is 17.6 Å². The number of aliphatic carboxylic acids is 1. The summed E-state index contributed by atoms with van der Waals surface area (Å²) >= 11 is 0. The van der Waals surface area contributed by atoms with Crippen molar-refractivity contribution < 1.29 is 27.4 Å². The van der Waals surface area contributed by atoms with E-state index in [1.165, 1.54) is 19.3 Å². The van der Waals surface area contributed by atoms with Crippen LogP contribution in [0.15, 0.2) is 29.2 Å². The fourth-order valence-electron chi connectivity index (χ4n) is 1.51. The molecule has 0 saturated heterocycles. The number of rotatable bonds is 8. The summed E-state index contributed by atoms with van der Waals surface area (Å²) in [4.78, 5) is 9.88. The number of carboxylic acid groups (broad SMARTS) is 1. The van der Waals surface area contributed by atoms with Crippen molar-refractivity contribution in [3.05, 3.63) is 35.7 Å². The lowest BCUT2D eigenvalue weighted by Gasteiger charge is -2.08. The highest BCUT2D eigenvalue weighted by Gasteiger charge is 2.18. The van der Waals surface area contributed by atoms with Crippen molar-refractivity contribution in [2.75, 3.05) is 20.3 Å². The summed E-state index contributed by atoms with van der Waals surface area (Å²) < 4.78 is 44.6. The molecule has 6 nitrogen and oxygen atoms in total. The summed E-state index contributed by atoms with van der Waals surface area (Å²) in [5.74, 6) is -2.12. The van der Waals surface area contributed by atoms with Crippen molar-refractivity contribution in [3.63, 3.8) is 0 Å². The Hall–Kier alpha value is -1.77. The molecular weight excluding hydrogens is 301 g/mol. The molecule has 0 aromatic heterocycles. The van der Waals surface area contributed by atoms with Gasteiger partial charge in [-0.25, -0.2) is 22.3 Å². The lowest BCUT2D eigenvalue weighted by atomic mass is 10.2. The normalized spacial score (nSPS) is 11.9. The van der Waals surface area contributed by atoms with Gasteiger partial charge in [-0.05, 0) is 30.2 Å². The Morgan fingerprint density at radius 1 is 1.48 bits per heavy atom. The van der Waals surface area contributed by atoms with E-state index < -0.39 is 26.7 Å². The minimum absolute atomic E-state index is 0.135. The average molecular weight is 317 g/mol. The topological polar surface area (TPSA) is 92.7 Å². The van der Waals surface area contributed by atoms with E-state index in [-0.39, 0.29) is 12.1 Å². The number of benzene rings is 1. The summed E-state index contributed by atoms with van der Waals surface area (Å²) in [5.41, 5.74) is 0.258. The van der Waals surface area contributed by atoms with E-state index in [1.54, 1.807) is 0 Å². The molecule has 0 amide bonds. The highest BCUT2D eigenvalue weighted by molar-refractivity contribution is 7.89. The number of carbonyl (C=O) groups is 1. The number of sulfonamides is 1. The van der Waals surface area contributed by atoms with Crippen molar-refractivity contribution >= 4 is 22.1 Å². The van der Waals surface area contributed by atoms with E-state index in [2.05, 4.69) is 4.72 Å². The molecule has 21 heavy (non-hydrogen) atoms. The Morgan fingerprint density at radius 2 is 2.19 bits per heavy atom. The lowest BCUT2D eigenvalue weighted by molar-refractivity contribution is -0.131. The second-order valence-corrected chi connectivity index (χ2v) is 5.84. The number of nitrogens with one attached hydrogen (secondary N) is 1. The molecule has 0 aliphatic rings. The van der Waals surface area contributed by atoms with Gasteiger partial charge in [0.05, 0.1) is 0 Å². The van der Waals surface area contributed by atoms with Crippen molar-refractivity contribution in [2.24, 2.45) is 0 Å². The van der Waals surface area contributed by atoms with Gasteiger partial charge in [-0.1, -0.05) is 6.07 Å². The molecule has 1 aromatic rings. The predicted molar refractivity (Wildman–Crippen MR) is 74.8 cm³/mol. The van der Waals surface area contributed by atoms with Crippen LogP contribution in [0.4, 0.5) is 4.39 Å². The second kappa shape index (κ2) is 7.87. The third kappa shape index (κ3) is 5.62. The van der Waals surface area contributed by atoms with E-state index in [4.69, 9.17) is 9.84 Å². The van der Waals surface area contributed by atoms with Crippen molar-refractivity contribution in [1.29, 1.82) is 0 Å². The molecule has 0 heterocycles. The molecule has 1 aromatic carbocycles. The maximum atomic E-state index is 13.8. The van der Waals surface area contributed by atoms with Crippen LogP contribution in [0, 0.1) is 5.82 Å². The van der Waals surface area contributed by atoms with Gasteiger partial charge in [0.15, 0.2) is 0 Å². The third-order valence-corrected chi connectivity index (χ3v) is 3.98. The summed E-state index contributed by atoms with van der Waals surface area (Å²) in [6.07, 6.45) is 2.48. The van der Waals surface area contributed by atoms with Crippen LogP contribution in [-0.4, -0.2) is 39.8 Å². The maximum absolute atomic E-state index is 13.8. The van der Waals surface area contributed by atoms with E-state index >= 15 is 0 Å². The van der Waals surface area contributed by atoms with Crippen LogP contribution >= 0.6 is 0 Å². The van der Waals surface area contributed by atoms with Crippen LogP contribution in [0.5, 0.6) is 0 Å². The van der Waals surface area contributed by atoms with Crippen molar-refractivity contribution in [2.45, 2.75) is 11.3 Å². The first-order valence-corrected chi connectivity index (χ1v) is 7.54. The molecule has 8 heteroatoms.